The van der Waals surface area contributed by atoms with Gasteiger partial charge in [0.1, 0.15) is 34.3 Å². The number of aromatic hydroxyl groups is 2. The highest BCUT2D eigenvalue weighted by atomic mass is 35.5. The van der Waals surface area contributed by atoms with Crippen molar-refractivity contribution in [1.29, 1.82) is 0 Å². The second-order valence-electron chi connectivity index (χ2n) is 7.57. The second kappa shape index (κ2) is 8.00. The zero-order chi connectivity index (χ0) is 24.1. The van der Waals surface area contributed by atoms with E-state index in [1.165, 1.54) is 36.4 Å². The van der Waals surface area contributed by atoms with Crippen molar-refractivity contribution in [2.75, 3.05) is 0 Å². The van der Waals surface area contributed by atoms with Gasteiger partial charge in [0, 0.05) is 5.02 Å². The lowest BCUT2D eigenvalue weighted by atomic mass is 9.84. The lowest BCUT2D eigenvalue weighted by molar-refractivity contribution is 0.441. The minimum absolute atomic E-state index is 0.0839. The normalized spacial score (nSPS) is 11.5. The molecule has 0 radical (unpaired) electrons. The lowest BCUT2D eigenvalue weighted by Crippen LogP contribution is -2.21. The molecule has 3 aromatic carbocycles. The Morgan fingerprint density at radius 2 is 1.15 bits per heavy atom. The molecule has 34 heavy (non-hydrogen) atoms. The molecule has 2 heterocycles. The Morgan fingerprint density at radius 1 is 0.706 bits per heavy atom. The predicted molar refractivity (Wildman–Crippen MR) is 121 cm³/mol. The summed E-state index contributed by atoms with van der Waals surface area (Å²) in [6.45, 7) is 0. The Morgan fingerprint density at radius 3 is 1.59 bits per heavy atom. The van der Waals surface area contributed by atoms with Crippen LogP contribution in [-0.4, -0.2) is 10.2 Å². The zero-order valence-corrected chi connectivity index (χ0v) is 17.8. The van der Waals surface area contributed by atoms with E-state index in [0.717, 1.165) is 24.3 Å². The molecule has 9 heteroatoms. The first-order valence-corrected chi connectivity index (χ1v) is 10.3. The van der Waals surface area contributed by atoms with E-state index >= 15 is 0 Å². The first-order chi connectivity index (χ1) is 16.2. The molecule has 5 rings (SSSR count). The van der Waals surface area contributed by atoms with Gasteiger partial charge < -0.3 is 19.0 Å². The molecule has 0 spiro atoms. The minimum atomic E-state index is -1.43. The Labute approximate surface area is 193 Å². The average molecular weight is 483 g/mol. The highest BCUT2D eigenvalue weighted by molar-refractivity contribution is 6.30. The van der Waals surface area contributed by atoms with Gasteiger partial charge in [0.25, 0.3) is 0 Å². The maximum Gasteiger partial charge on any atom is 0.344 e. The molecule has 0 aliphatic carbocycles. The van der Waals surface area contributed by atoms with Crippen molar-refractivity contribution in [2.24, 2.45) is 0 Å². The van der Waals surface area contributed by atoms with Gasteiger partial charge >= 0.3 is 11.3 Å². The highest BCUT2D eigenvalue weighted by Gasteiger charge is 2.32. The maximum absolute atomic E-state index is 13.9. The largest absolute Gasteiger partial charge is 0.507 e. The van der Waals surface area contributed by atoms with Crippen LogP contribution in [0.15, 0.2) is 79.1 Å². The third-order valence-electron chi connectivity index (χ3n) is 5.53. The first kappa shape index (κ1) is 21.7. The first-order valence-electron chi connectivity index (χ1n) is 9.90. The number of hydrogen-bond donors (Lipinski definition) is 2. The summed E-state index contributed by atoms with van der Waals surface area (Å²) in [4.78, 5) is 26.0. The summed E-state index contributed by atoms with van der Waals surface area (Å²) in [6, 6.07) is 12.3. The Bertz CT molecular complexity index is 1600. The van der Waals surface area contributed by atoms with Crippen LogP contribution in [0.3, 0.4) is 0 Å². The van der Waals surface area contributed by atoms with Crippen LogP contribution in [0.5, 0.6) is 11.5 Å². The number of benzene rings is 3. The van der Waals surface area contributed by atoms with E-state index in [1.807, 2.05) is 0 Å². The molecule has 2 N–H and O–H groups in total. The quantitative estimate of drug-likeness (QED) is 0.333. The van der Waals surface area contributed by atoms with Crippen molar-refractivity contribution in [3.05, 3.63) is 115 Å². The van der Waals surface area contributed by atoms with E-state index in [-0.39, 0.29) is 27.5 Å². The summed E-state index contributed by atoms with van der Waals surface area (Å²) in [5.74, 6) is -4.12. The molecular weight excluding hydrogens is 470 g/mol. The molecule has 0 saturated heterocycles. The highest BCUT2D eigenvalue weighted by Crippen LogP contribution is 2.42. The van der Waals surface area contributed by atoms with Gasteiger partial charge in [0.2, 0.25) is 0 Å². The molecule has 0 unspecified atom stereocenters. The van der Waals surface area contributed by atoms with Gasteiger partial charge in [-0.05, 0) is 54.1 Å². The summed E-state index contributed by atoms with van der Waals surface area (Å²) in [7, 11) is 0. The van der Waals surface area contributed by atoms with Gasteiger partial charge in [-0.1, -0.05) is 23.7 Å². The summed E-state index contributed by atoms with van der Waals surface area (Å²) in [5.41, 5.74) is -2.87. The smallest absolute Gasteiger partial charge is 0.344 e. The molecule has 170 valence electrons. The SMILES string of the molecule is O=c1oc2ccc(F)cc2c(O)c1C(c1ccc(Cl)cc1)c1c(O)c2cc(F)ccc2oc1=O. The van der Waals surface area contributed by atoms with Gasteiger partial charge in [-0.3, -0.25) is 0 Å². The summed E-state index contributed by atoms with van der Waals surface area (Å²) in [6.07, 6.45) is 0. The maximum atomic E-state index is 13.9. The standard InChI is InChI=1S/C25H13ClF2O6/c26-12-3-1-11(2-4-12)19(20-22(29)15-9-13(27)5-7-17(15)33-24(20)31)21-23(30)16-10-14(28)6-8-18(16)34-25(21)32/h1-10,19,29-30H. The van der Waals surface area contributed by atoms with Crippen LogP contribution >= 0.6 is 11.6 Å². The van der Waals surface area contributed by atoms with Crippen molar-refractivity contribution in [3.63, 3.8) is 0 Å². The van der Waals surface area contributed by atoms with Crippen LogP contribution in [0.25, 0.3) is 21.9 Å². The van der Waals surface area contributed by atoms with Crippen LogP contribution in [0.1, 0.15) is 22.6 Å². The Hall–Kier alpha value is -4.17. The molecule has 2 aromatic heterocycles. The predicted octanol–water partition coefficient (Wildman–Crippen LogP) is 5.42. The van der Waals surface area contributed by atoms with E-state index in [4.69, 9.17) is 20.4 Å². The van der Waals surface area contributed by atoms with Crippen molar-refractivity contribution in [2.45, 2.75) is 5.92 Å². The van der Waals surface area contributed by atoms with Crippen LogP contribution in [-0.2, 0) is 0 Å². The molecule has 0 amide bonds. The molecule has 0 bridgehead atoms. The third kappa shape index (κ3) is 3.48. The number of rotatable bonds is 3. The molecule has 5 aromatic rings. The van der Waals surface area contributed by atoms with Gasteiger partial charge in [-0.25, -0.2) is 18.4 Å². The van der Waals surface area contributed by atoms with Crippen molar-refractivity contribution >= 4 is 33.5 Å². The van der Waals surface area contributed by atoms with Gasteiger partial charge in [0.05, 0.1) is 27.8 Å². The van der Waals surface area contributed by atoms with Gasteiger partial charge in [-0.15, -0.1) is 0 Å². The van der Waals surface area contributed by atoms with Crippen LogP contribution in [0, 0.1) is 11.6 Å². The monoisotopic (exact) mass is 482 g/mol. The molecule has 6 nitrogen and oxygen atoms in total. The molecular formula is C25H13ClF2O6. The minimum Gasteiger partial charge on any atom is -0.507 e. The van der Waals surface area contributed by atoms with Crippen LogP contribution < -0.4 is 11.3 Å². The number of hydrogen-bond acceptors (Lipinski definition) is 6. The van der Waals surface area contributed by atoms with Crippen molar-refractivity contribution < 1.29 is 27.8 Å². The summed E-state index contributed by atoms with van der Waals surface area (Å²) in [5, 5.41) is 22.1. The van der Waals surface area contributed by atoms with E-state index in [1.54, 1.807) is 0 Å². The van der Waals surface area contributed by atoms with E-state index in [2.05, 4.69) is 0 Å². The lowest BCUT2D eigenvalue weighted by Gasteiger charge is -2.19. The Balaban J connectivity index is 1.91. The topological polar surface area (TPSA) is 101 Å². The fraction of sp³-hybridized carbons (Fsp3) is 0.0400. The van der Waals surface area contributed by atoms with Gasteiger partial charge in [-0.2, -0.15) is 0 Å². The molecule has 0 atom stereocenters. The average Bonchev–Trinajstić information content (AvgIpc) is 2.80. The van der Waals surface area contributed by atoms with E-state index < -0.39 is 51.4 Å². The molecule has 0 fully saturated rings. The summed E-state index contributed by atoms with van der Waals surface area (Å²) < 4.78 is 38.3. The fourth-order valence-electron chi connectivity index (χ4n) is 3.99. The van der Waals surface area contributed by atoms with E-state index in [0.29, 0.717) is 5.02 Å². The molecule has 0 saturated carbocycles. The number of fused-ring (bicyclic) bond motifs is 2. The van der Waals surface area contributed by atoms with Crippen molar-refractivity contribution in [3.8, 4) is 11.5 Å². The van der Waals surface area contributed by atoms with Crippen LogP contribution in [0.4, 0.5) is 8.78 Å². The third-order valence-corrected chi connectivity index (χ3v) is 5.78. The van der Waals surface area contributed by atoms with Gasteiger partial charge in [0.15, 0.2) is 0 Å². The van der Waals surface area contributed by atoms with E-state index in [9.17, 15) is 28.6 Å². The Kier molecular flexibility index (Phi) is 5.10. The molecule has 0 aliphatic heterocycles. The fourth-order valence-corrected chi connectivity index (χ4v) is 4.11. The summed E-state index contributed by atoms with van der Waals surface area (Å²) >= 11 is 5.98. The second-order valence-corrected chi connectivity index (χ2v) is 8.01. The number of halogens is 3. The van der Waals surface area contributed by atoms with Crippen molar-refractivity contribution in [1.82, 2.24) is 0 Å². The zero-order valence-electron chi connectivity index (χ0n) is 17.0. The van der Waals surface area contributed by atoms with Crippen LogP contribution in [0.2, 0.25) is 5.02 Å². The molecule has 0 aliphatic rings.